The molecule has 2 aromatic rings. The maximum atomic E-state index is 11.0. The van der Waals surface area contributed by atoms with E-state index in [1.54, 1.807) is 18.2 Å². The number of ether oxygens (including phenoxy) is 1. The van der Waals surface area contributed by atoms with Gasteiger partial charge in [0.15, 0.2) is 0 Å². The number of nitriles is 1. The van der Waals surface area contributed by atoms with Gasteiger partial charge < -0.3 is 14.7 Å². The van der Waals surface area contributed by atoms with Crippen molar-refractivity contribution in [2.24, 2.45) is 0 Å². The number of benzene rings is 2. The average Bonchev–Trinajstić information content (AvgIpc) is 2.59. The second-order valence-electron chi connectivity index (χ2n) is 5.26. The minimum atomic E-state index is -0.984. The summed E-state index contributed by atoms with van der Waals surface area (Å²) < 4.78 is 6.87. The van der Waals surface area contributed by atoms with Crippen LogP contribution in [0.3, 0.4) is 0 Å². The van der Waals surface area contributed by atoms with Crippen molar-refractivity contribution >= 4 is 22.0 Å². The predicted octanol–water partition coefficient (Wildman–Crippen LogP) is 4.44. The molecule has 2 aromatic carbocycles. The topological polar surface area (TPSA) is 73.6 Å². The summed E-state index contributed by atoms with van der Waals surface area (Å²) in [6, 6.07) is 16.9. The molecule has 1 unspecified atom stereocenters. The van der Waals surface area contributed by atoms with Gasteiger partial charge in [-0.2, -0.15) is 5.26 Å². The van der Waals surface area contributed by atoms with E-state index in [2.05, 4.69) is 22.0 Å². The van der Waals surface area contributed by atoms with E-state index in [0.29, 0.717) is 24.3 Å². The lowest BCUT2D eigenvalue weighted by Gasteiger charge is -2.22. The quantitative estimate of drug-likeness (QED) is 0.793. The molecule has 5 nitrogen and oxygen atoms in total. The molecule has 0 spiro atoms. The number of halogens is 1. The van der Waals surface area contributed by atoms with Gasteiger partial charge in [-0.3, -0.25) is 0 Å². The van der Waals surface area contributed by atoms with Gasteiger partial charge in [0.2, 0.25) is 0 Å². The van der Waals surface area contributed by atoms with E-state index >= 15 is 0 Å². The van der Waals surface area contributed by atoms with Gasteiger partial charge in [-0.25, -0.2) is 4.79 Å². The SMILES string of the molecule is CN(CCC(Oc1cc(Br)ccc1C#N)c1ccccc1)C(=O)O. The standard InChI is InChI=1S/C18H17BrN2O3/c1-21(18(22)23)10-9-16(13-5-3-2-4-6-13)24-17-11-15(19)8-7-14(17)12-20/h2-8,11,16H,9-10H2,1H3,(H,22,23). The monoisotopic (exact) mass is 388 g/mol. The third kappa shape index (κ3) is 4.74. The fraction of sp³-hybridized carbons (Fsp3) is 0.222. The van der Waals surface area contributed by atoms with Crippen LogP contribution in [0.1, 0.15) is 23.7 Å². The molecule has 0 bridgehead atoms. The molecule has 1 N–H and O–H groups in total. The molecule has 0 aliphatic carbocycles. The van der Waals surface area contributed by atoms with Crippen LogP contribution in [-0.2, 0) is 0 Å². The van der Waals surface area contributed by atoms with Crippen LogP contribution in [0.4, 0.5) is 4.79 Å². The lowest BCUT2D eigenvalue weighted by molar-refractivity contribution is 0.140. The van der Waals surface area contributed by atoms with E-state index in [1.165, 1.54) is 11.9 Å². The first kappa shape index (κ1) is 17.8. The highest BCUT2D eigenvalue weighted by molar-refractivity contribution is 9.10. The van der Waals surface area contributed by atoms with Crippen molar-refractivity contribution in [1.29, 1.82) is 5.26 Å². The molecular formula is C18H17BrN2O3. The molecule has 1 amide bonds. The number of nitrogens with zero attached hydrogens (tertiary/aromatic N) is 2. The van der Waals surface area contributed by atoms with Crippen molar-refractivity contribution in [2.75, 3.05) is 13.6 Å². The molecule has 24 heavy (non-hydrogen) atoms. The summed E-state index contributed by atoms with van der Waals surface area (Å²) in [4.78, 5) is 12.2. The Bertz CT molecular complexity index is 744. The summed E-state index contributed by atoms with van der Waals surface area (Å²) in [5.74, 6) is 0.471. The molecule has 0 aliphatic rings. The van der Waals surface area contributed by atoms with Gasteiger partial charge in [0.05, 0.1) is 5.56 Å². The van der Waals surface area contributed by atoms with Crippen molar-refractivity contribution in [3.8, 4) is 11.8 Å². The van der Waals surface area contributed by atoms with Crippen molar-refractivity contribution in [1.82, 2.24) is 4.90 Å². The first-order valence-corrected chi connectivity index (χ1v) is 8.16. The van der Waals surface area contributed by atoms with Crippen LogP contribution >= 0.6 is 15.9 Å². The highest BCUT2D eigenvalue weighted by atomic mass is 79.9. The summed E-state index contributed by atoms with van der Waals surface area (Å²) in [7, 11) is 1.52. The van der Waals surface area contributed by atoms with Gasteiger partial charge in [-0.1, -0.05) is 46.3 Å². The Kier molecular flexibility index (Phi) is 6.21. The lowest BCUT2D eigenvalue weighted by Crippen LogP contribution is -2.27. The maximum Gasteiger partial charge on any atom is 0.407 e. The second-order valence-corrected chi connectivity index (χ2v) is 6.18. The Morgan fingerprint density at radius 1 is 1.33 bits per heavy atom. The Morgan fingerprint density at radius 3 is 2.67 bits per heavy atom. The van der Waals surface area contributed by atoms with Gasteiger partial charge in [0, 0.05) is 24.5 Å². The lowest BCUT2D eigenvalue weighted by atomic mass is 10.1. The summed E-state index contributed by atoms with van der Waals surface area (Å²) >= 11 is 3.38. The second kappa shape index (κ2) is 8.37. The van der Waals surface area contributed by atoms with Crippen LogP contribution in [0.2, 0.25) is 0 Å². The van der Waals surface area contributed by atoms with Crippen molar-refractivity contribution < 1.29 is 14.6 Å². The third-order valence-electron chi connectivity index (χ3n) is 3.56. The smallest absolute Gasteiger partial charge is 0.407 e. The Morgan fingerprint density at radius 2 is 2.04 bits per heavy atom. The number of hydrogen-bond donors (Lipinski definition) is 1. The number of hydrogen-bond acceptors (Lipinski definition) is 3. The zero-order chi connectivity index (χ0) is 17.5. The third-order valence-corrected chi connectivity index (χ3v) is 4.05. The van der Waals surface area contributed by atoms with Crippen LogP contribution in [-0.4, -0.2) is 29.7 Å². The van der Waals surface area contributed by atoms with Gasteiger partial charge >= 0.3 is 6.09 Å². The Hall–Kier alpha value is -2.52. The summed E-state index contributed by atoms with van der Waals surface area (Å²) in [5, 5.41) is 18.3. The molecule has 0 heterocycles. The molecule has 0 fully saturated rings. The van der Waals surface area contributed by atoms with E-state index in [9.17, 15) is 10.1 Å². The number of rotatable bonds is 6. The minimum Gasteiger partial charge on any atom is -0.484 e. The average molecular weight is 389 g/mol. The first-order valence-electron chi connectivity index (χ1n) is 7.36. The van der Waals surface area contributed by atoms with Crippen LogP contribution in [0.5, 0.6) is 5.75 Å². The molecule has 2 rings (SSSR count). The van der Waals surface area contributed by atoms with E-state index in [4.69, 9.17) is 9.84 Å². The fourth-order valence-corrected chi connectivity index (χ4v) is 2.55. The summed E-state index contributed by atoms with van der Waals surface area (Å²) in [5.41, 5.74) is 1.37. The highest BCUT2D eigenvalue weighted by Gasteiger charge is 2.18. The normalized spacial score (nSPS) is 11.4. The molecule has 124 valence electrons. The van der Waals surface area contributed by atoms with Gasteiger partial charge in [0.1, 0.15) is 17.9 Å². The van der Waals surface area contributed by atoms with E-state index in [1.807, 2.05) is 30.3 Å². The molecule has 0 aliphatic heterocycles. The molecular weight excluding hydrogens is 372 g/mol. The van der Waals surface area contributed by atoms with Crippen molar-refractivity contribution in [3.05, 3.63) is 64.1 Å². The molecule has 0 radical (unpaired) electrons. The van der Waals surface area contributed by atoms with E-state index in [0.717, 1.165) is 10.0 Å². The predicted molar refractivity (Wildman–Crippen MR) is 93.9 cm³/mol. The number of carboxylic acid groups (broad SMARTS) is 1. The fourth-order valence-electron chi connectivity index (χ4n) is 2.21. The van der Waals surface area contributed by atoms with Crippen molar-refractivity contribution in [3.63, 3.8) is 0 Å². The highest BCUT2D eigenvalue weighted by Crippen LogP contribution is 2.30. The molecule has 0 saturated heterocycles. The van der Waals surface area contributed by atoms with E-state index in [-0.39, 0.29) is 6.10 Å². The number of amides is 1. The Labute approximate surface area is 149 Å². The minimum absolute atomic E-state index is 0.324. The van der Waals surface area contributed by atoms with Crippen molar-refractivity contribution in [2.45, 2.75) is 12.5 Å². The molecule has 6 heteroatoms. The van der Waals surface area contributed by atoms with Gasteiger partial charge in [-0.05, 0) is 23.8 Å². The first-order chi connectivity index (χ1) is 11.5. The zero-order valence-corrected chi connectivity index (χ0v) is 14.7. The van der Waals surface area contributed by atoms with Crippen LogP contribution in [0.15, 0.2) is 53.0 Å². The maximum absolute atomic E-state index is 11.0. The number of carbonyl (C=O) groups is 1. The zero-order valence-electron chi connectivity index (χ0n) is 13.1. The molecule has 0 aromatic heterocycles. The summed E-state index contributed by atoms with van der Waals surface area (Å²) in [6.45, 7) is 0.324. The van der Waals surface area contributed by atoms with Crippen LogP contribution < -0.4 is 4.74 Å². The van der Waals surface area contributed by atoms with Crippen LogP contribution in [0.25, 0.3) is 0 Å². The van der Waals surface area contributed by atoms with Crippen LogP contribution in [0, 0.1) is 11.3 Å². The van der Waals surface area contributed by atoms with E-state index < -0.39 is 6.09 Å². The Balaban J connectivity index is 2.25. The van der Waals surface area contributed by atoms with Gasteiger partial charge in [0.25, 0.3) is 0 Å². The van der Waals surface area contributed by atoms with Gasteiger partial charge in [-0.15, -0.1) is 0 Å². The summed E-state index contributed by atoms with van der Waals surface area (Å²) in [6.07, 6.45) is -0.860. The molecule has 0 saturated carbocycles. The largest absolute Gasteiger partial charge is 0.484 e. The molecule has 1 atom stereocenters.